The van der Waals surface area contributed by atoms with Crippen molar-refractivity contribution in [2.45, 2.75) is 19.8 Å². The Morgan fingerprint density at radius 2 is 2.33 bits per heavy atom. The van der Waals surface area contributed by atoms with Crippen molar-refractivity contribution < 1.29 is 9.53 Å². The predicted molar refractivity (Wildman–Crippen MR) is 79.1 cm³/mol. The van der Waals surface area contributed by atoms with Gasteiger partial charge in [-0.15, -0.1) is 0 Å². The fraction of sp³-hybridized carbons (Fsp3) is 0.333. The first-order valence-corrected chi connectivity index (χ1v) is 7.10. The molecule has 96 valence electrons. The maximum Gasteiger partial charge on any atom is 0.435 e. The summed E-state index contributed by atoms with van der Waals surface area (Å²) in [6.07, 6.45) is 1.37. The van der Waals surface area contributed by atoms with Gasteiger partial charge in [0.05, 0.1) is 22.5 Å². The first kappa shape index (κ1) is 13.6. The number of nitrogens with zero attached hydrogens (tertiary/aromatic N) is 2. The summed E-state index contributed by atoms with van der Waals surface area (Å²) in [7, 11) is 0. The number of hydrogen-bond donors (Lipinski definition) is 0. The predicted octanol–water partition coefficient (Wildman–Crippen LogP) is 4.08. The molecule has 0 aliphatic heterocycles. The van der Waals surface area contributed by atoms with Crippen LogP contribution in [0.25, 0.3) is 10.9 Å². The van der Waals surface area contributed by atoms with Crippen LogP contribution in [0.2, 0.25) is 5.02 Å². The number of carbonyl (C=O) groups excluding carboxylic acids is 1. The second-order valence-electron chi connectivity index (χ2n) is 3.80. The Balaban J connectivity index is 2.34. The summed E-state index contributed by atoms with van der Waals surface area (Å²) >= 11 is 8.16. The third-order valence-electron chi connectivity index (χ3n) is 2.51. The minimum atomic E-state index is -0.460. The van der Waals surface area contributed by atoms with Gasteiger partial charge in [0.25, 0.3) is 0 Å². The summed E-state index contributed by atoms with van der Waals surface area (Å²) in [6.45, 7) is 2.45. The Hall–Kier alpha value is -0.820. The largest absolute Gasteiger partial charge is 0.448 e. The van der Waals surface area contributed by atoms with Gasteiger partial charge in [0, 0.05) is 0 Å². The van der Waals surface area contributed by atoms with Crippen LogP contribution in [-0.2, 0) is 4.74 Å². The molecule has 0 aliphatic carbocycles. The molecule has 0 atom stereocenters. The number of unbranched alkanes of at least 4 members (excludes halogenated alkanes) is 1. The average molecular weight is 379 g/mol. The number of ether oxygens (including phenoxy) is 1. The zero-order chi connectivity index (χ0) is 13.1. The Kier molecular flexibility index (Phi) is 4.45. The van der Waals surface area contributed by atoms with Crippen LogP contribution >= 0.6 is 34.2 Å². The van der Waals surface area contributed by atoms with E-state index in [9.17, 15) is 4.79 Å². The molecule has 2 rings (SSSR count). The molecule has 0 aliphatic rings. The molecule has 2 aromatic rings. The van der Waals surface area contributed by atoms with Crippen molar-refractivity contribution in [1.29, 1.82) is 0 Å². The van der Waals surface area contributed by atoms with Crippen LogP contribution in [0.4, 0.5) is 4.79 Å². The van der Waals surface area contributed by atoms with Crippen molar-refractivity contribution in [2.24, 2.45) is 0 Å². The zero-order valence-corrected chi connectivity index (χ0v) is 12.7. The Morgan fingerprint density at radius 1 is 1.56 bits per heavy atom. The van der Waals surface area contributed by atoms with Gasteiger partial charge in [0.2, 0.25) is 0 Å². The first-order valence-electron chi connectivity index (χ1n) is 5.65. The van der Waals surface area contributed by atoms with Crippen LogP contribution in [-0.4, -0.2) is 22.5 Å². The first-order chi connectivity index (χ1) is 8.65. The van der Waals surface area contributed by atoms with E-state index in [2.05, 4.69) is 27.7 Å². The highest BCUT2D eigenvalue weighted by molar-refractivity contribution is 14.1. The number of halogens is 2. The van der Waals surface area contributed by atoms with E-state index in [0.717, 1.165) is 18.2 Å². The highest BCUT2D eigenvalue weighted by atomic mass is 127. The van der Waals surface area contributed by atoms with Gasteiger partial charge in [-0.2, -0.15) is 9.78 Å². The smallest absolute Gasteiger partial charge is 0.435 e. The van der Waals surface area contributed by atoms with Crippen molar-refractivity contribution in [3.63, 3.8) is 0 Å². The number of benzene rings is 1. The normalized spacial score (nSPS) is 10.8. The third-order valence-corrected chi connectivity index (χ3v) is 3.58. The third kappa shape index (κ3) is 2.61. The topological polar surface area (TPSA) is 44.1 Å². The number of carbonyl (C=O) groups is 1. The molecule has 1 heterocycles. The van der Waals surface area contributed by atoms with E-state index in [-0.39, 0.29) is 0 Å². The monoisotopic (exact) mass is 378 g/mol. The lowest BCUT2D eigenvalue weighted by molar-refractivity contribution is 0.144. The summed E-state index contributed by atoms with van der Waals surface area (Å²) in [6, 6.07) is 5.37. The lowest BCUT2D eigenvalue weighted by atomic mass is 10.2. The zero-order valence-electron chi connectivity index (χ0n) is 9.82. The molecule has 0 unspecified atom stereocenters. The fourth-order valence-electron chi connectivity index (χ4n) is 1.59. The highest BCUT2D eigenvalue weighted by Gasteiger charge is 2.16. The van der Waals surface area contributed by atoms with Gasteiger partial charge < -0.3 is 4.74 Å². The average Bonchev–Trinajstić information content (AvgIpc) is 2.68. The molecule has 0 saturated carbocycles. The second-order valence-corrected chi connectivity index (χ2v) is 5.23. The van der Waals surface area contributed by atoms with Crippen LogP contribution < -0.4 is 0 Å². The van der Waals surface area contributed by atoms with Crippen molar-refractivity contribution in [2.75, 3.05) is 6.61 Å². The van der Waals surface area contributed by atoms with E-state index in [1.807, 2.05) is 6.92 Å². The molecule has 0 amide bonds. The molecule has 0 radical (unpaired) electrons. The van der Waals surface area contributed by atoms with Crippen LogP contribution in [0.3, 0.4) is 0 Å². The minimum absolute atomic E-state index is 0.411. The second kappa shape index (κ2) is 5.88. The van der Waals surface area contributed by atoms with E-state index in [1.165, 1.54) is 4.68 Å². The summed E-state index contributed by atoms with van der Waals surface area (Å²) in [5, 5.41) is 5.55. The minimum Gasteiger partial charge on any atom is -0.448 e. The van der Waals surface area contributed by atoms with Gasteiger partial charge in [-0.1, -0.05) is 31.0 Å². The molecule has 0 spiro atoms. The SMILES string of the molecule is CCCCOC(=O)n1nc(I)c2c(Cl)cccc21. The number of hydrogen-bond acceptors (Lipinski definition) is 3. The van der Waals surface area contributed by atoms with Crippen molar-refractivity contribution in [3.05, 3.63) is 26.9 Å². The van der Waals surface area contributed by atoms with E-state index in [1.54, 1.807) is 18.2 Å². The summed E-state index contributed by atoms with van der Waals surface area (Å²) < 4.78 is 7.10. The summed E-state index contributed by atoms with van der Waals surface area (Å²) in [4.78, 5) is 11.9. The molecule has 4 nitrogen and oxygen atoms in total. The van der Waals surface area contributed by atoms with Gasteiger partial charge in [-0.3, -0.25) is 0 Å². The molecule has 6 heteroatoms. The maximum atomic E-state index is 11.9. The van der Waals surface area contributed by atoms with Crippen LogP contribution in [0.1, 0.15) is 19.8 Å². The molecule has 0 bridgehead atoms. The Bertz CT molecular complexity index is 583. The van der Waals surface area contributed by atoms with Crippen LogP contribution in [0.15, 0.2) is 18.2 Å². The fourth-order valence-corrected chi connectivity index (χ4v) is 2.79. The van der Waals surface area contributed by atoms with Crippen LogP contribution in [0, 0.1) is 3.70 Å². The van der Waals surface area contributed by atoms with Gasteiger partial charge in [0.15, 0.2) is 0 Å². The quantitative estimate of drug-likeness (QED) is 0.597. The van der Waals surface area contributed by atoms with E-state index in [0.29, 0.717) is 20.8 Å². The Labute approximate surface area is 123 Å². The molecule has 0 N–H and O–H groups in total. The van der Waals surface area contributed by atoms with E-state index >= 15 is 0 Å². The molecule has 1 aromatic heterocycles. The lowest BCUT2D eigenvalue weighted by Gasteiger charge is -2.04. The molecule has 0 saturated heterocycles. The maximum absolute atomic E-state index is 11.9. The van der Waals surface area contributed by atoms with Gasteiger partial charge in [-0.25, -0.2) is 4.79 Å². The van der Waals surface area contributed by atoms with E-state index in [4.69, 9.17) is 16.3 Å². The summed E-state index contributed by atoms with van der Waals surface area (Å²) in [5.41, 5.74) is 0.674. The lowest BCUT2D eigenvalue weighted by Crippen LogP contribution is -2.15. The summed E-state index contributed by atoms with van der Waals surface area (Å²) in [5.74, 6) is 0. The molecular formula is C12H12ClIN2O2. The molecular weight excluding hydrogens is 367 g/mol. The van der Waals surface area contributed by atoms with Crippen LogP contribution in [0.5, 0.6) is 0 Å². The number of rotatable bonds is 3. The number of aromatic nitrogens is 2. The van der Waals surface area contributed by atoms with E-state index < -0.39 is 6.09 Å². The Morgan fingerprint density at radius 3 is 3.06 bits per heavy atom. The van der Waals surface area contributed by atoms with Crippen molar-refractivity contribution in [1.82, 2.24) is 9.78 Å². The number of fused-ring (bicyclic) bond motifs is 1. The standard InChI is InChI=1S/C12H12ClIN2O2/c1-2-3-7-18-12(17)16-9-6-4-5-8(13)10(9)11(14)15-16/h4-6H,2-3,7H2,1H3. The van der Waals surface area contributed by atoms with Gasteiger partial charge in [-0.05, 0) is 41.1 Å². The van der Waals surface area contributed by atoms with Gasteiger partial charge in [0.1, 0.15) is 3.70 Å². The highest BCUT2D eigenvalue weighted by Crippen LogP contribution is 2.27. The molecule has 0 fully saturated rings. The van der Waals surface area contributed by atoms with Crippen molar-refractivity contribution >= 4 is 51.2 Å². The molecule has 18 heavy (non-hydrogen) atoms. The molecule has 1 aromatic carbocycles. The van der Waals surface area contributed by atoms with Crippen molar-refractivity contribution in [3.8, 4) is 0 Å². The van der Waals surface area contributed by atoms with Gasteiger partial charge >= 0.3 is 6.09 Å².